The van der Waals surface area contributed by atoms with Crippen LogP contribution in [-0.4, -0.2) is 36.1 Å². The summed E-state index contributed by atoms with van der Waals surface area (Å²) in [7, 11) is 3.76. The molecule has 1 N–H and O–H groups in total. The van der Waals surface area contributed by atoms with Gasteiger partial charge in [-0.1, -0.05) is 31.4 Å². The van der Waals surface area contributed by atoms with Gasteiger partial charge in [-0.15, -0.1) is 11.3 Å². The van der Waals surface area contributed by atoms with Crippen molar-refractivity contribution in [3.8, 4) is 5.75 Å². The van der Waals surface area contributed by atoms with Crippen molar-refractivity contribution < 1.29 is 9.53 Å². The Balaban J connectivity index is 1.57. The summed E-state index contributed by atoms with van der Waals surface area (Å²) in [6, 6.07) is 8.23. The predicted octanol–water partition coefficient (Wildman–Crippen LogP) is 4.71. The lowest BCUT2D eigenvalue weighted by Crippen LogP contribution is -2.34. The van der Waals surface area contributed by atoms with E-state index in [1.807, 2.05) is 31.2 Å². The summed E-state index contributed by atoms with van der Waals surface area (Å²) in [5.41, 5.74) is 1.95. The molecule has 6 nitrogen and oxygen atoms in total. The van der Waals surface area contributed by atoms with Gasteiger partial charge in [0.2, 0.25) is 0 Å². The van der Waals surface area contributed by atoms with Crippen LogP contribution in [0, 0.1) is 6.92 Å². The van der Waals surface area contributed by atoms with Crippen LogP contribution >= 0.6 is 11.3 Å². The Morgan fingerprint density at radius 2 is 2.07 bits per heavy atom. The third kappa shape index (κ3) is 4.12. The number of hydrogen-bond donors (Lipinski definition) is 1. The third-order valence-electron chi connectivity index (χ3n) is 5.96. The van der Waals surface area contributed by atoms with E-state index in [0.29, 0.717) is 17.5 Å². The first-order valence-electron chi connectivity index (χ1n) is 10.5. The molecular formula is C23H28N4O2S. The zero-order valence-electron chi connectivity index (χ0n) is 17.8. The molecule has 2 heterocycles. The zero-order chi connectivity index (χ0) is 21.1. The SMILES string of the molecule is COc1cccc(CNC(=O)c2sc3ncnc(N(C)C4CCCCC4)c3c2C)c1. The Hall–Kier alpha value is -2.67. The maximum Gasteiger partial charge on any atom is 0.261 e. The minimum absolute atomic E-state index is 0.0791. The van der Waals surface area contributed by atoms with Crippen LogP contribution in [0.25, 0.3) is 10.2 Å². The molecular weight excluding hydrogens is 396 g/mol. The molecule has 1 aliphatic rings. The quantitative estimate of drug-likeness (QED) is 0.621. The molecule has 1 aromatic carbocycles. The Kier molecular flexibility index (Phi) is 6.18. The van der Waals surface area contributed by atoms with Crippen molar-refractivity contribution in [1.29, 1.82) is 0 Å². The van der Waals surface area contributed by atoms with E-state index in [2.05, 4.69) is 27.2 Å². The van der Waals surface area contributed by atoms with Crippen molar-refractivity contribution in [3.63, 3.8) is 0 Å². The molecule has 0 bridgehead atoms. The lowest BCUT2D eigenvalue weighted by Gasteiger charge is -2.32. The van der Waals surface area contributed by atoms with Gasteiger partial charge in [-0.2, -0.15) is 0 Å². The standard InChI is InChI=1S/C23H28N4O2S/c1-15-19-21(27(2)17-9-5-4-6-10-17)25-14-26-23(19)30-20(15)22(28)24-13-16-8-7-11-18(12-16)29-3/h7-8,11-12,14,17H,4-6,9-10,13H2,1-3H3,(H,24,28). The van der Waals surface area contributed by atoms with Crippen LogP contribution in [-0.2, 0) is 6.54 Å². The fraction of sp³-hybridized carbons (Fsp3) is 0.435. The maximum absolute atomic E-state index is 13.0. The van der Waals surface area contributed by atoms with Crippen molar-refractivity contribution in [2.45, 2.75) is 51.6 Å². The second kappa shape index (κ2) is 9.00. The summed E-state index contributed by atoms with van der Waals surface area (Å²) in [4.78, 5) is 25.9. The molecule has 0 atom stereocenters. The van der Waals surface area contributed by atoms with Gasteiger partial charge in [0.25, 0.3) is 5.91 Å². The number of methoxy groups -OCH3 is 1. The van der Waals surface area contributed by atoms with E-state index in [-0.39, 0.29) is 5.91 Å². The summed E-state index contributed by atoms with van der Waals surface area (Å²) in [5.74, 6) is 1.64. The molecule has 7 heteroatoms. The van der Waals surface area contributed by atoms with Gasteiger partial charge in [0.15, 0.2) is 0 Å². The number of carbonyl (C=O) groups is 1. The molecule has 1 aliphatic carbocycles. The number of anilines is 1. The number of ether oxygens (including phenoxy) is 1. The molecule has 1 fully saturated rings. The van der Waals surface area contributed by atoms with Crippen LogP contribution in [0.5, 0.6) is 5.75 Å². The number of hydrogen-bond acceptors (Lipinski definition) is 6. The van der Waals surface area contributed by atoms with Gasteiger partial charge in [-0.3, -0.25) is 4.79 Å². The van der Waals surface area contributed by atoms with Crippen LogP contribution in [0.3, 0.4) is 0 Å². The molecule has 4 rings (SSSR count). The van der Waals surface area contributed by atoms with Crippen LogP contribution in [0.4, 0.5) is 5.82 Å². The topological polar surface area (TPSA) is 67.3 Å². The number of fused-ring (bicyclic) bond motifs is 1. The van der Waals surface area contributed by atoms with E-state index in [4.69, 9.17) is 4.74 Å². The molecule has 2 aromatic heterocycles. The van der Waals surface area contributed by atoms with Crippen molar-refractivity contribution in [2.75, 3.05) is 19.1 Å². The number of carbonyl (C=O) groups excluding carboxylic acids is 1. The van der Waals surface area contributed by atoms with Crippen LogP contribution in [0.2, 0.25) is 0 Å². The van der Waals surface area contributed by atoms with Gasteiger partial charge in [0.1, 0.15) is 22.7 Å². The molecule has 0 unspecified atom stereocenters. The van der Waals surface area contributed by atoms with Gasteiger partial charge >= 0.3 is 0 Å². The summed E-state index contributed by atoms with van der Waals surface area (Å²) in [6.45, 7) is 2.45. The van der Waals surface area contributed by atoms with E-state index < -0.39 is 0 Å². The average molecular weight is 425 g/mol. The number of aromatic nitrogens is 2. The highest BCUT2D eigenvalue weighted by Crippen LogP contribution is 2.36. The second-order valence-electron chi connectivity index (χ2n) is 7.87. The number of thiophene rings is 1. The smallest absolute Gasteiger partial charge is 0.261 e. The van der Waals surface area contributed by atoms with Crippen LogP contribution < -0.4 is 15.0 Å². The van der Waals surface area contributed by atoms with Crippen LogP contribution in [0.1, 0.15) is 52.9 Å². The van der Waals surface area contributed by atoms with Gasteiger partial charge in [-0.05, 0) is 43.0 Å². The van der Waals surface area contributed by atoms with E-state index in [1.54, 1.807) is 13.4 Å². The Bertz CT molecular complexity index is 1040. The van der Waals surface area contributed by atoms with Crippen molar-refractivity contribution in [3.05, 3.63) is 46.6 Å². The fourth-order valence-electron chi connectivity index (χ4n) is 4.22. The molecule has 1 saturated carbocycles. The van der Waals surface area contributed by atoms with E-state index in [0.717, 1.165) is 32.9 Å². The Labute approximate surface area is 181 Å². The minimum Gasteiger partial charge on any atom is -0.497 e. The first-order valence-corrected chi connectivity index (χ1v) is 11.3. The Morgan fingerprint density at radius 1 is 1.27 bits per heavy atom. The number of amides is 1. The highest BCUT2D eigenvalue weighted by molar-refractivity contribution is 7.20. The molecule has 158 valence electrons. The summed E-state index contributed by atoms with van der Waals surface area (Å²) in [5, 5.41) is 4.04. The van der Waals surface area contributed by atoms with Crippen molar-refractivity contribution in [1.82, 2.24) is 15.3 Å². The third-order valence-corrected chi connectivity index (χ3v) is 7.16. The molecule has 0 aliphatic heterocycles. The van der Waals surface area contributed by atoms with Crippen LogP contribution in [0.15, 0.2) is 30.6 Å². The first-order chi connectivity index (χ1) is 14.6. The zero-order valence-corrected chi connectivity index (χ0v) is 18.6. The number of nitrogens with zero attached hydrogens (tertiary/aromatic N) is 3. The number of rotatable bonds is 6. The summed E-state index contributed by atoms with van der Waals surface area (Å²) < 4.78 is 5.26. The van der Waals surface area contributed by atoms with Gasteiger partial charge in [-0.25, -0.2) is 9.97 Å². The summed E-state index contributed by atoms with van der Waals surface area (Å²) >= 11 is 1.44. The fourth-order valence-corrected chi connectivity index (χ4v) is 5.28. The normalized spacial score (nSPS) is 14.6. The second-order valence-corrected chi connectivity index (χ2v) is 8.87. The van der Waals surface area contributed by atoms with Gasteiger partial charge in [0.05, 0.1) is 17.4 Å². The maximum atomic E-state index is 13.0. The van der Waals surface area contributed by atoms with Crippen molar-refractivity contribution in [2.24, 2.45) is 0 Å². The van der Waals surface area contributed by atoms with Crippen molar-refractivity contribution >= 4 is 33.3 Å². The van der Waals surface area contributed by atoms with E-state index >= 15 is 0 Å². The number of benzene rings is 1. The minimum atomic E-state index is -0.0791. The number of nitrogens with one attached hydrogen (secondary N) is 1. The van der Waals surface area contributed by atoms with E-state index in [9.17, 15) is 4.79 Å². The molecule has 30 heavy (non-hydrogen) atoms. The highest BCUT2D eigenvalue weighted by Gasteiger charge is 2.25. The molecule has 0 spiro atoms. The highest BCUT2D eigenvalue weighted by atomic mass is 32.1. The first kappa shape index (κ1) is 20.6. The molecule has 0 saturated heterocycles. The van der Waals surface area contributed by atoms with E-state index in [1.165, 1.54) is 43.4 Å². The predicted molar refractivity (Wildman–Crippen MR) is 122 cm³/mol. The number of aryl methyl sites for hydroxylation is 1. The Morgan fingerprint density at radius 3 is 2.83 bits per heavy atom. The molecule has 0 radical (unpaired) electrons. The average Bonchev–Trinajstić information content (AvgIpc) is 3.14. The largest absolute Gasteiger partial charge is 0.497 e. The monoisotopic (exact) mass is 424 g/mol. The van der Waals surface area contributed by atoms with Gasteiger partial charge < -0.3 is 15.0 Å². The lowest BCUT2D eigenvalue weighted by molar-refractivity contribution is 0.0954. The molecule has 3 aromatic rings. The van der Waals surface area contributed by atoms with Gasteiger partial charge in [0, 0.05) is 19.6 Å². The molecule has 1 amide bonds. The summed E-state index contributed by atoms with van der Waals surface area (Å²) in [6.07, 6.45) is 7.86. The lowest BCUT2D eigenvalue weighted by atomic mass is 9.94.